The van der Waals surface area contributed by atoms with Crippen LogP contribution >= 0.6 is 15.9 Å². The van der Waals surface area contributed by atoms with Crippen LogP contribution in [-0.2, 0) is 0 Å². The van der Waals surface area contributed by atoms with Gasteiger partial charge in [-0.05, 0) is 40.2 Å². The van der Waals surface area contributed by atoms with Crippen molar-refractivity contribution in [3.8, 4) is 11.5 Å². The summed E-state index contributed by atoms with van der Waals surface area (Å²) in [5.41, 5.74) is 0.179. The summed E-state index contributed by atoms with van der Waals surface area (Å²) in [6.07, 6.45) is 1.50. The molecule has 102 valence electrons. The number of ether oxygens (including phenoxy) is 2. The Morgan fingerprint density at radius 3 is 2.90 bits per heavy atom. The van der Waals surface area contributed by atoms with E-state index in [4.69, 9.17) is 9.47 Å². The van der Waals surface area contributed by atoms with E-state index >= 15 is 0 Å². The molecule has 0 aliphatic carbocycles. The van der Waals surface area contributed by atoms with Crippen LogP contribution in [0.2, 0.25) is 0 Å². The van der Waals surface area contributed by atoms with Gasteiger partial charge in [0.15, 0.2) is 11.5 Å². The van der Waals surface area contributed by atoms with Crippen molar-refractivity contribution >= 4 is 27.5 Å². The Balaban J connectivity index is 1.86. The van der Waals surface area contributed by atoms with Crippen molar-refractivity contribution in [1.29, 1.82) is 0 Å². The standard InChI is InChI=1S/C13H9BrN2O4/c14-8-4-9(13(18)15-5-8)16-12(17)7-1-2-10-11(3-7)20-6-19-10/h1-5H,6H2,(H,15,18)(H,16,17). The van der Waals surface area contributed by atoms with Gasteiger partial charge in [0.25, 0.3) is 11.5 Å². The molecule has 0 atom stereocenters. The van der Waals surface area contributed by atoms with Crippen LogP contribution in [0.25, 0.3) is 0 Å². The van der Waals surface area contributed by atoms with Gasteiger partial charge in [0, 0.05) is 16.2 Å². The number of rotatable bonds is 2. The van der Waals surface area contributed by atoms with Crippen LogP contribution in [0.3, 0.4) is 0 Å². The number of hydrogen-bond acceptors (Lipinski definition) is 4. The number of amides is 1. The minimum absolute atomic E-state index is 0.145. The third kappa shape index (κ3) is 2.39. The van der Waals surface area contributed by atoms with Crippen molar-refractivity contribution in [2.45, 2.75) is 0 Å². The fourth-order valence-corrected chi connectivity index (χ4v) is 2.13. The van der Waals surface area contributed by atoms with E-state index in [9.17, 15) is 9.59 Å². The maximum absolute atomic E-state index is 12.1. The van der Waals surface area contributed by atoms with E-state index < -0.39 is 5.91 Å². The number of hydrogen-bond donors (Lipinski definition) is 2. The number of anilines is 1. The van der Waals surface area contributed by atoms with Gasteiger partial charge in [-0.3, -0.25) is 9.59 Å². The summed E-state index contributed by atoms with van der Waals surface area (Å²) in [5, 5.41) is 2.55. The van der Waals surface area contributed by atoms with Crippen molar-refractivity contribution in [1.82, 2.24) is 4.98 Å². The first-order valence-corrected chi connectivity index (χ1v) is 6.52. The van der Waals surface area contributed by atoms with Crippen LogP contribution in [0.4, 0.5) is 5.69 Å². The van der Waals surface area contributed by atoms with Crippen molar-refractivity contribution in [2.24, 2.45) is 0 Å². The topological polar surface area (TPSA) is 80.4 Å². The Kier molecular flexibility index (Phi) is 3.19. The minimum Gasteiger partial charge on any atom is -0.454 e. The molecule has 1 aromatic carbocycles. The van der Waals surface area contributed by atoms with Gasteiger partial charge in [0.05, 0.1) is 0 Å². The molecule has 0 fully saturated rings. The summed E-state index contributed by atoms with van der Waals surface area (Å²) in [6.45, 7) is 0.145. The number of nitrogens with one attached hydrogen (secondary N) is 2. The maximum Gasteiger partial charge on any atom is 0.271 e. The number of H-pyrrole nitrogens is 1. The number of pyridine rings is 1. The molecule has 20 heavy (non-hydrogen) atoms. The van der Waals surface area contributed by atoms with Crippen LogP contribution in [0, 0.1) is 0 Å². The lowest BCUT2D eigenvalue weighted by molar-refractivity contribution is 0.102. The summed E-state index contributed by atoms with van der Waals surface area (Å²) in [7, 11) is 0. The molecule has 1 amide bonds. The molecule has 0 saturated carbocycles. The highest BCUT2D eigenvalue weighted by molar-refractivity contribution is 9.10. The lowest BCUT2D eigenvalue weighted by atomic mass is 10.2. The summed E-state index contributed by atoms with van der Waals surface area (Å²) in [4.78, 5) is 26.2. The molecule has 2 aromatic rings. The number of aromatic amines is 1. The van der Waals surface area contributed by atoms with E-state index in [1.165, 1.54) is 12.3 Å². The van der Waals surface area contributed by atoms with E-state index in [-0.39, 0.29) is 18.0 Å². The van der Waals surface area contributed by atoms with Crippen molar-refractivity contribution in [2.75, 3.05) is 12.1 Å². The number of benzene rings is 1. The zero-order valence-corrected chi connectivity index (χ0v) is 11.7. The van der Waals surface area contributed by atoms with Crippen molar-refractivity contribution in [3.63, 3.8) is 0 Å². The number of halogens is 1. The maximum atomic E-state index is 12.1. The van der Waals surface area contributed by atoms with Gasteiger partial charge in [-0.2, -0.15) is 0 Å². The molecule has 0 spiro atoms. The summed E-state index contributed by atoms with van der Waals surface area (Å²) >= 11 is 3.23. The molecule has 6 nitrogen and oxygen atoms in total. The molecule has 0 bridgehead atoms. The van der Waals surface area contributed by atoms with Gasteiger partial charge >= 0.3 is 0 Å². The van der Waals surface area contributed by atoms with Crippen molar-refractivity contribution in [3.05, 3.63) is 50.9 Å². The van der Waals surface area contributed by atoms with E-state index in [0.29, 0.717) is 21.5 Å². The molecule has 7 heteroatoms. The zero-order valence-electron chi connectivity index (χ0n) is 10.1. The first-order valence-electron chi connectivity index (χ1n) is 5.73. The number of aromatic nitrogens is 1. The number of fused-ring (bicyclic) bond motifs is 1. The van der Waals surface area contributed by atoms with Gasteiger partial charge in [0.1, 0.15) is 5.69 Å². The van der Waals surface area contributed by atoms with Gasteiger partial charge in [-0.25, -0.2) is 0 Å². The lowest BCUT2D eigenvalue weighted by Crippen LogP contribution is -2.19. The Morgan fingerprint density at radius 2 is 2.05 bits per heavy atom. The van der Waals surface area contributed by atoms with Crippen LogP contribution in [0.1, 0.15) is 10.4 Å². The Morgan fingerprint density at radius 1 is 1.25 bits per heavy atom. The predicted molar refractivity (Wildman–Crippen MR) is 75.3 cm³/mol. The molecule has 0 saturated heterocycles. The molecule has 1 aliphatic heterocycles. The van der Waals surface area contributed by atoms with Gasteiger partial charge in [-0.15, -0.1) is 0 Å². The average molecular weight is 337 g/mol. The third-order valence-electron chi connectivity index (χ3n) is 2.75. The zero-order chi connectivity index (χ0) is 14.1. The van der Waals surface area contributed by atoms with Gasteiger partial charge in [-0.1, -0.05) is 0 Å². The first kappa shape index (κ1) is 12.7. The molecule has 0 unspecified atom stereocenters. The summed E-state index contributed by atoms with van der Waals surface area (Å²) in [5.74, 6) is 0.717. The highest BCUT2D eigenvalue weighted by Gasteiger charge is 2.16. The predicted octanol–water partition coefficient (Wildman–Crippen LogP) is 2.12. The monoisotopic (exact) mass is 336 g/mol. The SMILES string of the molecule is O=C(Nc1cc(Br)c[nH]c1=O)c1ccc2c(c1)OCO2. The highest BCUT2D eigenvalue weighted by atomic mass is 79.9. The summed E-state index contributed by atoms with van der Waals surface area (Å²) < 4.78 is 11.0. The Hall–Kier alpha value is -2.28. The Bertz CT molecular complexity index is 741. The highest BCUT2D eigenvalue weighted by Crippen LogP contribution is 2.32. The molecule has 3 rings (SSSR count). The molecule has 0 radical (unpaired) electrons. The lowest BCUT2D eigenvalue weighted by Gasteiger charge is -2.05. The number of carbonyl (C=O) groups is 1. The fraction of sp³-hybridized carbons (Fsp3) is 0.0769. The normalized spacial score (nSPS) is 12.2. The second kappa shape index (κ2) is 5.01. The first-order chi connectivity index (χ1) is 9.63. The Labute approximate surface area is 121 Å². The number of carbonyl (C=O) groups excluding carboxylic acids is 1. The smallest absolute Gasteiger partial charge is 0.271 e. The minimum atomic E-state index is -0.396. The molecule has 1 aromatic heterocycles. The van der Waals surface area contributed by atoms with Gasteiger partial charge < -0.3 is 19.8 Å². The second-order valence-electron chi connectivity index (χ2n) is 4.08. The molecular weight excluding hydrogens is 328 g/mol. The summed E-state index contributed by atoms with van der Waals surface area (Å²) in [6, 6.07) is 6.37. The van der Waals surface area contributed by atoms with Crippen LogP contribution in [0.15, 0.2) is 39.7 Å². The quantitative estimate of drug-likeness (QED) is 0.880. The third-order valence-corrected chi connectivity index (χ3v) is 3.21. The molecular formula is C13H9BrN2O4. The van der Waals surface area contributed by atoms with Crippen LogP contribution in [0.5, 0.6) is 11.5 Å². The van der Waals surface area contributed by atoms with E-state index in [1.807, 2.05) is 0 Å². The fourth-order valence-electron chi connectivity index (χ4n) is 1.78. The van der Waals surface area contributed by atoms with Gasteiger partial charge in [0.2, 0.25) is 6.79 Å². The largest absolute Gasteiger partial charge is 0.454 e. The molecule has 1 aliphatic rings. The molecule has 2 heterocycles. The van der Waals surface area contributed by atoms with Crippen LogP contribution in [-0.4, -0.2) is 17.7 Å². The van der Waals surface area contributed by atoms with E-state index in [0.717, 1.165) is 0 Å². The van der Waals surface area contributed by atoms with Crippen LogP contribution < -0.4 is 20.3 Å². The van der Waals surface area contributed by atoms with E-state index in [1.54, 1.807) is 18.2 Å². The van der Waals surface area contributed by atoms with E-state index in [2.05, 4.69) is 26.2 Å². The second-order valence-corrected chi connectivity index (χ2v) is 5.00. The average Bonchev–Trinajstić information content (AvgIpc) is 2.90. The van der Waals surface area contributed by atoms with Crippen molar-refractivity contribution < 1.29 is 14.3 Å². The molecule has 2 N–H and O–H groups in total.